The van der Waals surface area contributed by atoms with E-state index in [1.807, 2.05) is 0 Å². The molecule has 0 bridgehead atoms. The van der Waals surface area contributed by atoms with Gasteiger partial charge in [-0.05, 0) is 29.8 Å². The molecule has 3 nitrogen and oxygen atoms in total. The second-order valence-electron chi connectivity index (χ2n) is 3.98. The second kappa shape index (κ2) is 5.17. The quantitative estimate of drug-likeness (QED) is 0.883. The highest BCUT2D eigenvalue weighted by Crippen LogP contribution is 2.29. The van der Waals surface area contributed by atoms with Gasteiger partial charge in [-0.25, -0.2) is 0 Å². The van der Waals surface area contributed by atoms with Gasteiger partial charge in [0.25, 0.3) is 5.91 Å². The van der Waals surface area contributed by atoms with Crippen LogP contribution in [-0.2, 0) is 12.7 Å². The Labute approximate surface area is 107 Å². The van der Waals surface area contributed by atoms with E-state index in [9.17, 15) is 18.0 Å². The molecule has 0 radical (unpaired) electrons. The average molecular weight is 268 g/mol. The van der Waals surface area contributed by atoms with Crippen LogP contribution in [-0.4, -0.2) is 10.9 Å². The first kappa shape index (κ1) is 13.2. The molecule has 19 heavy (non-hydrogen) atoms. The fourth-order valence-electron chi connectivity index (χ4n) is 1.59. The number of carbonyl (C=O) groups is 1. The third kappa shape index (κ3) is 3.37. The summed E-state index contributed by atoms with van der Waals surface area (Å²) in [4.78, 5) is 14.6. The Bertz CT molecular complexity index is 562. The van der Waals surface area contributed by atoms with Crippen LogP contribution in [0.3, 0.4) is 0 Å². The van der Waals surface area contributed by atoms with Gasteiger partial charge in [-0.15, -0.1) is 0 Å². The first-order chi connectivity index (χ1) is 8.97. The molecule has 0 saturated heterocycles. The zero-order valence-electron chi connectivity index (χ0n) is 9.79. The lowest BCUT2D eigenvalue weighted by Crippen LogP contribution is -2.23. The summed E-state index contributed by atoms with van der Waals surface area (Å²) in [5.74, 6) is -0.535. The minimum Gasteiger partial charge on any atom is -0.367 e. The largest absolute Gasteiger partial charge is 0.416 e. The summed E-state index contributed by atoms with van der Waals surface area (Å²) in [5.41, 5.74) is 0.00693. The Kier molecular flexibility index (Phi) is 3.59. The molecule has 0 aliphatic carbocycles. The number of carbonyl (C=O) groups excluding carboxylic acids is 1. The van der Waals surface area contributed by atoms with Crippen molar-refractivity contribution in [1.82, 2.24) is 10.3 Å². The van der Waals surface area contributed by atoms with Gasteiger partial charge in [-0.2, -0.15) is 13.2 Å². The van der Waals surface area contributed by atoms with Crippen LogP contribution in [0.4, 0.5) is 13.2 Å². The second-order valence-corrected chi connectivity index (χ2v) is 3.98. The summed E-state index contributed by atoms with van der Waals surface area (Å²) in [5, 5.41) is 2.55. The number of alkyl halides is 3. The Morgan fingerprint density at radius 1 is 1.26 bits per heavy atom. The van der Waals surface area contributed by atoms with E-state index in [0.717, 1.165) is 17.7 Å². The van der Waals surface area contributed by atoms with Gasteiger partial charge in [-0.3, -0.25) is 4.79 Å². The molecule has 0 spiro atoms. The van der Waals surface area contributed by atoms with Crippen LogP contribution in [0.25, 0.3) is 0 Å². The standard InChI is InChI=1S/C13H11F3N2O/c14-13(15,16)11-3-1-2-10(6-11)12(19)18-8-9-4-5-17-7-9/h1-7,17H,8H2,(H,18,19). The van der Waals surface area contributed by atoms with Gasteiger partial charge in [0.2, 0.25) is 0 Å². The number of aromatic amines is 1. The molecular weight excluding hydrogens is 257 g/mol. The number of hydrogen-bond donors (Lipinski definition) is 2. The van der Waals surface area contributed by atoms with E-state index in [0.29, 0.717) is 0 Å². The number of rotatable bonds is 3. The van der Waals surface area contributed by atoms with Gasteiger partial charge in [0.1, 0.15) is 0 Å². The molecule has 0 fully saturated rings. The first-order valence-corrected chi connectivity index (χ1v) is 5.54. The van der Waals surface area contributed by atoms with Crippen molar-refractivity contribution < 1.29 is 18.0 Å². The van der Waals surface area contributed by atoms with E-state index in [1.165, 1.54) is 12.1 Å². The van der Waals surface area contributed by atoms with Crippen molar-refractivity contribution in [2.45, 2.75) is 12.7 Å². The van der Waals surface area contributed by atoms with Gasteiger partial charge >= 0.3 is 6.18 Å². The van der Waals surface area contributed by atoms with Crippen LogP contribution in [0.15, 0.2) is 42.7 Å². The summed E-state index contributed by atoms with van der Waals surface area (Å²) in [6.45, 7) is 0.262. The van der Waals surface area contributed by atoms with Crippen LogP contribution in [0, 0.1) is 0 Å². The van der Waals surface area contributed by atoms with E-state index in [4.69, 9.17) is 0 Å². The summed E-state index contributed by atoms with van der Waals surface area (Å²) >= 11 is 0. The number of nitrogens with one attached hydrogen (secondary N) is 2. The topological polar surface area (TPSA) is 44.9 Å². The molecule has 0 unspecified atom stereocenters. The number of benzene rings is 1. The van der Waals surface area contributed by atoms with Crippen LogP contribution >= 0.6 is 0 Å². The van der Waals surface area contributed by atoms with Gasteiger partial charge in [0.05, 0.1) is 5.56 Å². The maximum Gasteiger partial charge on any atom is 0.416 e. The zero-order valence-corrected chi connectivity index (χ0v) is 9.79. The lowest BCUT2D eigenvalue weighted by atomic mass is 10.1. The van der Waals surface area contributed by atoms with Gasteiger partial charge in [-0.1, -0.05) is 6.07 Å². The number of amides is 1. The van der Waals surface area contributed by atoms with Crippen LogP contribution in [0.1, 0.15) is 21.5 Å². The van der Waals surface area contributed by atoms with Crippen LogP contribution in [0.5, 0.6) is 0 Å². The van der Waals surface area contributed by atoms with Gasteiger partial charge in [0, 0.05) is 24.5 Å². The number of aromatic nitrogens is 1. The fourth-order valence-corrected chi connectivity index (χ4v) is 1.59. The van der Waals surface area contributed by atoms with Crippen molar-refractivity contribution in [2.75, 3.05) is 0 Å². The Balaban J connectivity index is 2.07. The predicted octanol–water partition coefficient (Wildman–Crippen LogP) is 2.96. The summed E-state index contributed by atoms with van der Waals surface area (Å²) in [6, 6.07) is 6.11. The molecule has 100 valence electrons. The van der Waals surface area contributed by atoms with E-state index >= 15 is 0 Å². The van der Waals surface area contributed by atoms with Crippen molar-refractivity contribution in [2.24, 2.45) is 0 Å². The molecule has 1 amide bonds. The lowest BCUT2D eigenvalue weighted by Gasteiger charge is -2.08. The Hall–Kier alpha value is -2.24. The molecule has 0 aliphatic heterocycles. The molecule has 0 saturated carbocycles. The summed E-state index contributed by atoms with van der Waals surface area (Å²) < 4.78 is 37.5. The van der Waals surface area contributed by atoms with E-state index in [-0.39, 0.29) is 12.1 Å². The van der Waals surface area contributed by atoms with Crippen molar-refractivity contribution >= 4 is 5.91 Å². The minimum atomic E-state index is -4.45. The molecule has 0 atom stereocenters. The number of halogens is 3. The van der Waals surface area contributed by atoms with E-state index in [1.54, 1.807) is 18.5 Å². The third-order valence-electron chi connectivity index (χ3n) is 2.57. The lowest BCUT2D eigenvalue weighted by molar-refractivity contribution is -0.137. The van der Waals surface area contributed by atoms with E-state index in [2.05, 4.69) is 10.3 Å². The van der Waals surface area contributed by atoms with Gasteiger partial charge < -0.3 is 10.3 Å². The smallest absolute Gasteiger partial charge is 0.367 e. The highest BCUT2D eigenvalue weighted by atomic mass is 19.4. The van der Waals surface area contributed by atoms with Crippen molar-refractivity contribution in [3.63, 3.8) is 0 Å². The fraction of sp³-hybridized carbons (Fsp3) is 0.154. The van der Waals surface area contributed by atoms with Crippen molar-refractivity contribution in [1.29, 1.82) is 0 Å². The summed E-state index contributed by atoms with van der Waals surface area (Å²) in [7, 11) is 0. The molecule has 2 aromatic rings. The monoisotopic (exact) mass is 268 g/mol. The van der Waals surface area contributed by atoms with E-state index < -0.39 is 17.6 Å². The maximum absolute atomic E-state index is 12.5. The van der Waals surface area contributed by atoms with Gasteiger partial charge in [0.15, 0.2) is 0 Å². The Morgan fingerprint density at radius 2 is 2.05 bits per heavy atom. The molecule has 1 aromatic carbocycles. The van der Waals surface area contributed by atoms with Crippen molar-refractivity contribution in [3.8, 4) is 0 Å². The molecule has 1 heterocycles. The molecule has 1 aromatic heterocycles. The molecule has 2 N–H and O–H groups in total. The van der Waals surface area contributed by atoms with Crippen LogP contribution < -0.4 is 5.32 Å². The highest BCUT2D eigenvalue weighted by molar-refractivity contribution is 5.94. The highest BCUT2D eigenvalue weighted by Gasteiger charge is 2.30. The number of hydrogen-bond acceptors (Lipinski definition) is 1. The zero-order chi connectivity index (χ0) is 13.9. The third-order valence-corrected chi connectivity index (χ3v) is 2.57. The maximum atomic E-state index is 12.5. The SMILES string of the molecule is O=C(NCc1cc[nH]c1)c1cccc(C(F)(F)F)c1. The van der Waals surface area contributed by atoms with Crippen molar-refractivity contribution in [3.05, 3.63) is 59.4 Å². The first-order valence-electron chi connectivity index (χ1n) is 5.54. The molecule has 2 rings (SSSR count). The Morgan fingerprint density at radius 3 is 2.68 bits per heavy atom. The van der Waals surface area contributed by atoms with Crippen LogP contribution in [0.2, 0.25) is 0 Å². The normalized spacial score (nSPS) is 11.3. The molecule has 0 aliphatic rings. The minimum absolute atomic E-state index is 0.00893. The molecular formula is C13H11F3N2O. The average Bonchev–Trinajstić information content (AvgIpc) is 2.88. The summed E-state index contributed by atoms with van der Waals surface area (Å²) in [6.07, 6.45) is -1.05. The molecule has 6 heteroatoms. The number of H-pyrrole nitrogens is 1. The predicted molar refractivity (Wildman–Crippen MR) is 63.4 cm³/mol.